The number of rotatable bonds is 9. The fraction of sp³-hybridized carbons (Fsp3) is 0.214. The van der Waals surface area contributed by atoms with E-state index < -0.39 is 10.9 Å². The Morgan fingerprint density at radius 3 is 3.00 bits per heavy atom. The van der Waals surface area contributed by atoms with Crippen LogP contribution < -0.4 is 15.9 Å². The van der Waals surface area contributed by atoms with Gasteiger partial charge in [-0.3, -0.25) is 20.3 Å². The fourth-order valence-corrected chi connectivity index (χ4v) is 2.35. The molecule has 0 radical (unpaired) electrons. The van der Waals surface area contributed by atoms with E-state index in [1.54, 1.807) is 5.38 Å². The van der Waals surface area contributed by atoms with Crippen molar-refractivity contribution in [3.63, 3.8) is 0 Å². The molecule has 4 N–H and O–H groups in total. The first-order chi connectivity index (χ1) is 12.0. The van der Waals surface area contributed by atoms with Gasteiger partial charge in [0, 0.05) is 17.9 Å². The number of thiazole rings is 1. The van der Waals surface area contributed by atoms with Gasteiger partial charge in [0.05, 0.1) is 23.3 Å². The highest BCUT2D eigenvalue weighted by molar-refractivity contribution is 7.14. The molecule has 11 heteroatoms. The van der Waals surface area contributed by atoms with Crippen LogP contribution in [0.4, 0.5) is 16.6 Å². The molecule has 1 heterocycles. The average molecular weight is 365 g/mol. The van der Waals surface area contributed by atoms with Gasteiger partial charge in [-0.05, 0) is 18.6 Å². The smallest absolute Gasteiger partial charge is 0.303 e. The number of nitrogen functional groups attached to an aromatic ring is 1. The molecule has 0 aliphatic carbocycles. The zero-order chi connectivity index (χ0) is 18.2. The van der Waals surface area contributed by atoms with Gasteiger partial charge < -0.3 is 15.6 Å². The molecule has 0 saturated heterocycles. The summed E-state index contributed by atoms with van der Waals surface area (Å²) in [6.45, 7) is 0.192. The number of anilines is 2. The number of carboxylic acid groups (broad SMARTS) is 1. The summed E-state index contributed by atoms with van der Waals surface area (Å²) in [6, 6.07) is 4.21. The number of nitro groups is 1. The van der Waals surface area contributed by atoms with Gasteiger partial charge in [-0.15, -0.1) is 11.3 Å². The van der Waals surface area contributed by atoms with Gasteiger partial charge in [-0.1, -0.05) is 0 Å². The van der Waals surface area contributed by atoms with E-state index >= 15 is 0 Å². The third kappa shape index (κ3) is 5.73. The lowest BCUT2D eigenvalue weighted by Gasteiger charge is -2.06. The van der Waals surface area contributed by atoms with Crippen LogP contribution in [0.1, 0.15) is 18.4 Å². The van der Waals surface area contributed by atoms with Gasteiger partial charge in [-0.2, -0.15) is 5.10 Å². The molecular formula is C14H15N5O5S. The summed E-state index contributed by atoms with van der Waals surface area (Å²) in [6.07, 6.45) is 1.60. The second-order valence-electron chi connectivity index (χ2n) is 4.77. The molecule has 1 aromatic carbocycles. The largest absolute Gasteiger partial charge is 0.494 e. The molecule has 0 fully saturated rings. The summed E-state index contributed by atoms with van der Waals surface area (Å²) in [5.41, 5.74) is 8.22. The Hall–Kier alpha value is -3.21. The number of nitrogens with two attached hydrogens (primary N) is 1. The molecule has 0 atom stereocenters. The second kappa shape index (κ2) is 8.59. The molecule has 2 rings (SSSR count). The molecule has 25 heavy (non-hydrogen) atoms. The molecule has 0 amide bonds. The third-order valence-electron chi connectivity index (χ3n) is 2.89. The Labute approximate surface area is 146 Å². The SMILES string of the molecule is Nc1csc(NN=Cc2cc(OCCCC(=O)O)ccc2[N+](=O)[O-])n1. The van der Waals surface area contributed by atoms with Crippen LogP contribution in [0.5, 0.6) is 5.75 Å². The normalized spacial score (nSPS) is 10.7. The van der Waals surface area contributed by atoms with Crippen molar-refractivity contribution in [2.75, 3.05) is 17.8 Å². The highest BCUT2D eigenvalue weighted by atomic mass is 32.1. The van der Waals surface area contributed by atoms with E-state index in [0.29, 0.717) is 23.1 Å². The van der Waals surface area contributed by atoms with Crippen LogP contribution in [0.25, 0.3) is 0 Å². The second-order valence-corrected chi connectivity index (χ2v) is 5.63. The average Bonchev–Trinajstić information content (AvgIpc) is 2.97. The van der Waals surface area contributed by atoms with Gasteiger partial charge >= 0.3 is 5.97 Å². The lowest BCUT2D eigenvalue weighted by molar-refractivity contribution is -0.385. The van der Waals surface area contributed by atoms with Crippen LogP contribution in [0.15, 0.2) is 28.7 Å². The lowest BCUT2D eigenvalue weighted by Crippen LogP contribution is -2.03. The molecule has 0 aliphatic heterocycles. The number of nitro benzene ring substituents is 1. The van der Waals surface area contributed by atoms with E-state index in [2.05, 4.69) is 15.5 Å². The molecule has 0 unspecified atom stereocenters. The predicted molar refractivity (Wildman–Crippen MR) is 93.2 cm³/mol. The monoisotopic (exact) mass is 365 g/mol. The topological polar surface area (TPSA) is 153 Å². The molecular weight excluding hydrogens is 350 g/mol. The number of benzene rings is 1. The van der Waals surface area contributed by atoms with E-state index in [1.165, 1.54) is 35.8 Å². The van der Waals surface area contributed by atoms with E-state index in [0.717, 1.165) is 0 Å². The van der Waals surface area contributed by atoms with Crippen LogP contribution in [-0.4, -0.2) is 33.8 Å². The molecule has 0 bridgehead atoms. The number of carbonyl (C=O) groups is 1. The Kier molecular flexibility index (Phi) is 6.23. The Morgan fingerprint density at radius 2 is 2.36 bits per heavy atom. The maximum absolute atomic E-state index is 11.1. The number of aliphatic carboxylic acids is 1. The number of hydrazone groups is 1. The quantitative estimate of drug-likeness (QED) is 0.265. The van der Waals surface area contributed by atoms with Crippen LogP contribution in [0.3, 0.4) is 0 Å². The van der Waals surface area contributed by atoms with Crippen LogP contribution in [-0.2, 0) is 4.79 Å². The summed E-state index contributed by atoms with van der Waals surface area (Å²) >= 11 is 1.25. The van der Waals surface area contributed by atoms with Crippen LogP contribution in [0.2, 0.25) is 0 Å². The summed E-state index contributed by atoms with van der Waals surface area (Å²) in [5, 5.41) is 25.7. The molecule has 2 aromatic rings. The van der Waals surface area contributed by atoms with E-state index in [-0.39, 0.29) is 24.3 Å². The highest BCUT2D eigenvalue weighted by Gasteiger charge is 2.13. The minimum atomic E-state index is -0.908. The molecule has 10 nitrogen and oxygen atoms in total. The molecule has 0 aliphatic rings. The first-order valence-corrected chi connectivity index (χ1v) is 7.97. The Balaban J connectivity index is 2.06. The van der Waals surface area contributed by atoms with Crippen molar-refractivity contribution in [3.8, 4) is 5.75 Å². The number of nitrogens with one attached hydrogen (secondary N) is 1. The first-order valence-electron chi connectivity index (χ1n) is 7.09. The zero-order valence-electron chi connectivity index (χ0n) is 12.9. The molecule has 0 spiro atoms. The molecule has 0 saturated carbocycles. The Bertz CT molecular complexity index is 792. The minimum absolute atomic E-state index is 0.0117. The van der Waals surface area contributed by atoms with Crippen molar-refractivity contribution in [1.82, 2.24) is 4.98 Å². The summed E-state index contributed by atoms with van der Waals surface area (Å²) in [7, 11) is 0. The predicted octanol–water partition coefficient (Wildman–Crippen LogP) is 2.32. The summed E-state index contributed by atoms with van der Waals surface area (Å²) in [5.74, 6) is -0.171. The zero-order valence-corrected chi connectivity index (χ0v) is 13.7. The first kappa shape index (κ1) is 18.1. The molecule has 1 aromatic heterocycles. The number of nitrogens with zero attached hydrogens (tertiary/aromatic N) is 3. The van der Waals surface area contributed by atoms with E-state index in [1.807, 2.05) is 0 Å². The maximum Gasteiger partial charge on any atom is 0.303 e. The Morgan fingerprint density at radius 1 is 1.56 bits per heavy atom. The summed E-state index contributed by atoms with van der Waals surface area (Å²) < 4.78 is 5.40. The number of ether oxygens (including phenoxy) is 1. The van der Waals surface area contributed by atoms with Crippen LogP contribution >= 0.6 is 11.3 Å². The summed E-state index contributed by atoms with van der Waals surface area (Å²) in [4.78, 5) is 25.0. The van der Waals surface area contributed by atoms with Crippen molar-refractivity contribution in [1.29, 1.82) is 0 Å². The number of aromatic nitrogens is 1. The van der Waals surface area contributed by atoms with Gasteiger partial charge in [0.2, 0.25) is 5.13 Å². The number of carboxylic acids is 1. The standard InChI is InChI=1S/C14H15N5O5S/c15-12-8-25-14(17-12)18-16-7-9-6-10(3-4-11(9)19(22)23)24-5-1-2-13(20)21/h3-4,6-8H,1-2,5,15H2,(H,17,18)(H,20,21). The van der Waals surface area contributed by atoms with E-state index in [4.69, 9.17) is 15.6 Å². The van der Waals surface area contributed by atoms with Crippen molar-refractivity contribution in [2.45, 2.75) is 12.8 Å². The highest BCUT2D eigenvalue weighted by Crippen LogP contribution is 2.23. The fourth-order valence-electron chi connectivity index (χ4n) is 1.80. The van der Waals surface area contributed by atoms with Crippen LogP contribution in [0, 0.1) is 10.1 Å². The number of hydrogen-bond donors (Lipinski definition) is 3. The van der Waals surface area contributed by atoms with Gasteiger partial charge in [0.25, 0.3) is 5.69 Å². The van der Waals surface area contributed by atoms with Gasteiger partial charge in [0.1, 0.15) is 11.6 Å². The van der Waals surface area contributed by atoms with Crippen molar-refractivity contribution < 1.29 is 19.6 Å². The van der Waals surface area contributed by atoms with Crippen molar-refractivity contribution >= 4 is 40.2 Å². The van der Waals surface area contributed by atoms with Gasteiger partial charge in [0.15, 0.2) is 0 Å². The van der Waals surface area contributed by atoms with Gasteiger partial charge in [-0.25, -0.2) is 4.98 Å². The third-order valence-corrected chi connectivity index (χ3v) is 3.65. The van der Waals surface area contributed by atoms with Crippen molar-refractivity contribution in [2.24, 2.45) is 5.10 Å². The maximum atomic E-state index is 11.1. The molecule has 132 valence electrons. The minimum Gasteiger partial charge on any atom is -0.494 e. The number of hydrogen-bond acceptors (Lipinski definition) is 9. The van der Waals surface area contributed by atoms with E-state index in [9.17, 15) is 14.9 Å². The van der Waals surface area contributed by atoms with Crippen molar-refractivity contribution in [3.05, 3.63) is 39.3 Å². The lowest BCUT2D eigenvalue weighted by atomic mass is 10.2.